The summed E-state index contributed by atoms with van der Waals surface area (Å²) in [4.78, 5) is 9.76. The van der Waals surface area contributed by atoms with Gasteiger partial charge in [-0.15, -0.1) is 6.42 Å². The minimum Gasteiger partial charge on any atom is -0.453 e. The van der Waals surface area contributed by atoms with Crippen LogP contribution < -0.4 is 0 Å². The second-order valence-corrected chi connectivity index (χ2v) is 2.71. The lowest BCUT2D eigenvalue weighted by molar-refractivity contribution is 0.112. The molecule has 0 saturated heterocycles. The molecule has 0 bridgehead atoms. The lowest BCUT2D eigenvalue weighted by Crippen LogP contribution is -2.27. The van der Waals surface area contributed by atoms with Crippen molar-refractivity contribution in [1.82, 2.24) is 0 Å². The number of hydrogen-bond acceptors (Lipinski definition) is 2. The molecule has 0 aromatic heterocycles. The van der Waals surface area contributed by atoms with E-state index in [0.29, 0.717) is 0 Å². The lowest BCUT2D eigenvalue weighted by atomic mass is 9.89. The van der Waals surface area contributed by atoms with Crippen LogP contribution in [0.15, 0.2) is 0 Å². The Morgan fingerprint density at radius 1 is 1.60 bits per heavy atom. The van der Waals surface area contributed by atoms with Crippen LogP contribution in [0.25, 0.3) is 0 Å². The summed E-state index contributed by atoms with van der Waals surface area (Å²) in [6.45, 7) is 6.76. The molecule has 0 aliphatic carbocycles. The fraction of sp³-hybridized carbons (Fsp3) is 0.625. The maximum atomic E-state index is 9.76. The van der Waals surface area contributed by atoms with Crippen LogP contribution >= 0.6 is 0 Å². The van der Waals surface area contributed by atoms with Gasteiger partial charge < -0.3 is 4.74 Å². The number of terminal acetylenes is 1. The first-order valence-corrected chi connectivity index (χ1v) is 3.05. The van der Waals surface area contributed by atoms with Crippen LogP contribution in [0, 0.1) is 17.8 Å². The smallest absolute Gasteiger partial charge is 0.417 e. The molecule has 0 amide bonds. The summed E-state index contributed by atoms with van der Waals surface area (Å²) < 4.78 is 4.55. The van der Waals surface area contributed by atoms with Crippen LogP contribution in [0.2, 0.25) is 0 Å². The predicted molar refractivity (Wildman–Crippen MR) is 38.9 cm³/mol. The molecule has 1 radical (unpaired) electrons. The molecule has 0 saturated carbocycles. The van der Waals surface area contributed by atoms with Gasteiger partial charge in [-0.25, -0.2) is 4.79 Å². The first kappa shape index (κ1) is 9.03. The highest BCUT2D eigenvalue weighted by molar-refractivity contribution is 5.39. The summed E-state index contributed by atoms with van der Waals surface area (Å²) in [5.74, 6) is 2.52. The van der Waals surface area contributed by atoms with Gasteiger partial charge in [0.1, 0.15) is 6.10 Å². The molecule has 0 aliphatic rings. The van der Waals surface area contributed by atoms with Crippen LogP contribution in [0.1, 0.15) is 20.8 Å². The third-order valence-corrected chi connectivity index (χ3v) is 1.61. The predicted octanol–water partition coefficient (Wildman–Crippen LogP) is 1.12. The van der Waals surface area contributed by atoms with Crippen molar-refractivity contribution < 1.29 is 9.53 Å². The zero-order chi connectivity index (χ0) is 8.20. The number of rotatable bonds is 3. The molecule has 10 heavy (non-hydrogen) atoms. The third-order valence-electron chi connectivity index (χ3n) is 1.61. The van der Waals surface area contributed by atoms with Gasteiger partial charge >= 0.3 is 6.47 Å². The van der Waals surface area contributed by atoms with Gasteiger partial charge in [0, 0.05) is 0 Å². The highest BCUT2D eigenvalue weighted by atomic mass is 16.5. The van der Waals surface area contributed by atoms with Crippen molar-refractivity contribution in [3.8, 4) is 12.3 Å². The van der Waals surface area contributed by atoms with Crippen LogP contribution in [0.4, 0.5) is 0 Å². The normalized spacial score (nSPS) is 13.4. The Morgan fingerprint density at radius 2 is 2.10 bits per heavy atom. The van der Waals surface area contributed by atoms with Gasteiger partial charge in [0.25, 0.3) is 0 Å². The number of ether oxygens (including phenoxy) is 1. The minimum absolute atomic E-state index is 0.282. The molecule has 0 aromatic carbocycles. The van der Waals surface area contributed by atoms with Crippen LogP contribution in [0.3, 0.4) is 0 Å². The van der Waals surface area contributed by atoms with Crippen molar-refractivity contribution in [2.45, 2.75) is 26.9 Å². The van der Waals surface area contributed by atoms with Crippen LogP contribution in [0.5, 0.6) is 0 Å². The highest BCUT2D eigenvalue weighted by Crippen LogP contribution is 2.20. The second kappa shape index (κ2) is 3.26. The SMILES string of the molecule is C#CC(C)(C)C(C)O[C]=O. The first-order valence-electron chi connectivity index (χ1n) is 3.05. The molecule has 0 aromatic rings. The van der Waals surface area contributed by atoms with Crippen LogP contribution in [-0.2, 0) is 9.53 Å². The second-order valence-electron chi connectivity index (χ2n) is 2.71. The summed E-state index contributed by atoms with van der Waals surface area (Å²) in [7, 11) is 0. The summed E-state index contributed by atoms with van der Waals surface area (Å²) in [6.07, 6.45) is 4.90. The largest absolute Gasteiger partial charge is 0.453 e. The molecule has 0 fully saturated rings. The van der Waals surface area contributed by atoms with E-state index in [1.54, 1.807) is 6.92 Å². The summed E-state index contributed by atoms with van der Waals surface area (Å²) in [5.41, 5.74) is -0.405. The average molecular weight is 139 g/mol. The summed E-state index contributed by atoms with van der Waals surface area (Å²) in [6, 6.07) is 0. The van der Waals surface area contributed by atoms with Gasteiger partial charge in [0.05, 0.1) is 5.41 Å². The van der Waals surface area contributed by atoms with E-state index in [4.69, 9.17) is 6.42 Å². The monoisotopic (exact) mass is 139 g/mol. The summed E-state index contributed by atoms with van der Waals surface area (Å²) in [5, 5.41) is 0. The Hall–Kier alpha value is -0.970. The molecular formula is C8H11O2. The number of hydrogen-bond donors (Lipinski definition) is 0. The zero-order valence-electron chi connectivity index (χ0n) is 6.47. The van der Waals surface area contributed by atoms with E-state index in [1.165, 1.54) is 6.47 Å². The Balaban J connectivity index is 4.06. The minimum atomic E-state index is -0.405. The average Bonchev–Trinajstić information content (AvgIpc) is 1.89. The molecule has 0 rings (SSSR count). The van der Waals surface area contributed by atoms with Gasteiger partial charge in [0.15, 0.2) is 0 Å². The Kier molecular flexibility index (Phi) is 2.95. The topological polar surface area (TPSA) is 26.3 Å². The Labute approximate surface area is 61.6 Å². The van der Waals surface area contributed by atoms with E-state index >= 15 is 0 Å². The molecule has 0 aliphatic heterocycles. The van der Waals surface area contributed by atoms with Crippen LogP contribution in [-0.4, -0.2) is 12.6 Å². The van der Waals surface area contributed by atoms with Gasteiger partial charge in [-0.05, 0) is 20.8 Å². The third kappa shape index (κ3) is 2.10. The molecule has 55 valence electrons. The molecule has 0 heterocycles. The van der Waals surface area contributed by atoms with E-state index in [-0.39, 0.29) is 6.10 Å². The van der Waals surface area contributed by atoms with Crippen molar-refractivity contribution >= 4 is 6.47 Å². The lowest BCUT2D eigenvalue weighted by Gasteiger charge is -2.23. The van der Waals surface area contributed by atoms with E-state index in [1.807, 2.05) is 13.8 Å². The number of carbonyl (C=O) groups excluding carboxylic acids is 1. The van der Waals surface area contributed by atoms with Crippen molar-refractivity contribution in [3.05, 3.63) is 0 Å². The van der Waals surface area contributed by atoms with Gasteiger partial charge in [-0.1, -0.05) is 5.92 Å². The van der Waals surface area contributed by atoms with E-state index in [9.17, 15) is 4.79 Å². The molecule has 0 spiro atoms. The first-order chi connectivity index (χ1) is 4.54. The summed E-state index contributed by atoms with van der Waals surface area (Å²) >= 11 is 0. The van der Waals surface area contributed by atoms with E-state index < -0.39 is 5.41 Å². The van der Waals surface area contributed by atoms with Crippen molar-refractivity contribution in [2.75, 3.05) is 0 Å². The fourth-order valence-corrected chi connectivity index (χ4v) is 0.337. The van der Waals surface area contributed by atoms with Gasteiger partial charge in [-0.2, -0.15) is 0 Å². The molecule has 2 heteroatoms. The zero-order valence-corrected chi connectivity index (χ0v) is 6.47. The Morgan fingerprint density at radius 3 is 2.40 bits per heavy atom. The molecular weight excluding hydrogens is 128 g/mol. The van der Waals surface area contributed by atoms with Gasteiger partial charge in [0.2, 0.25) is 0 Å². The van der Waals surface area contributed by atoms with Gasteiger partial charge in [-0.3, -0.25) is 0 Å². The quantitative estimate of drug-likeness (QED) is 0.547. The van der Waals surface area contributed by atoms with Crippen molar-refractivity contribution in [2.24, 2.45) is 5.41 Å². The van der Waals surface area contributed by atoms with Crippen molar-refractivity contribution in [1.29, 1.82) is 0 Å². The molecule has 2 nitrogen and oxygen atoms in total. The maximum Gasteiger partial charge on any atom is 0.417 e. The molecule has 0 N–H and O–H groups in total. The molecule has 1 unspecified atom stereocenters. The fourth-order valence-electron chi connectivity index (χ4n) is 0.337. The molecule has 1 atom stereocenters. The van der Waals surface area contributed by atoms with Crippen molar-refractivity contribution in [3.63, 3.8) is 0 Å². The highest BCUT2D eigenvalue weighted by Gasteiger charge is 2.24. The Bertz CT molecular complexity index is 153. The maximum absolute atomic E-state index is 9.76. The van der Waals surface area contributed by atoms with E-state index in [0.717, 1.165) is 0 Å². The standard InChI is InChI=1S/C8H11O2/c1-5-8(3,4)7(2)10-6-9/h1,7H,2-4H3. The van der Waals surface area contributed by atoms with E-state index in [2.05, 4.69) is 10.7 Å².